The molecule has 0 saturated heterocycles. The number of rotatable bonds is 9. The highest BCUT2D eigenvalue weighted by molar-refractivity contribution is 7.99. The predicted molar refractivity (Wildman–Crippen MR) is 137 cm³/mol. The predicted octanol–water partition coefficient (Wildman–Crippen LogP) is 5.21. The van der Waals surface area contributed by atoms with Crippen molar-refractivity contribution in [3.05, 3.63) is 88.9 Å². The first-order valence-corrected chi connectivity index (χ1v) is 12.1. The van der Waals surface area contributed by atoms with Gasteiger partial charge in [-0.15, -0.1) is 0 Å². The van der Waals surface area contributed by atoms with Crippen molar-refractivity contribution in [2.24, 2.45) is 0 Å². The van der Waals surface area contributed by atoms with E-state index in [0.717, 1.165) is 16.6 Å². The largest absolute Gasteiger partial charge is 0.455 e. The van der Waals surface area contributed by atoms with Crippen LogP contribution in [0, 0.1) is 0 Å². The fraction of sp³-hybridized carbons (Fsp3) is 0.154. The van der Waals surface area contributed by atoms with E-state index >= 15 is 0 Å². The van der Waals surface area contributed by atoms with E-state index < -0.39 is 18.5 Å². The SMILES string of the molecule is CC(=O)c1ccccc1NC(=O)COC(=O)CSc1nc2cc(Cl)ccc2n1Cc1ccccc1. The van der Waals surface area contributed by atoms with Crippen LogP contribution < -0.4 is 5.32 Å². The lowest BCUT2D eigenvalue weighted by molar-refractivity contribution is -0.144. The molecule has 7 nitrogen and oxygen atoms in total. The third-order valence-electron chi connectivity index (χ3n) is 5.12. The molecule has 0 atom stereocenters. The number of hydrogen-bond acceptors (Lipinski definition) is 6. The zero-order valence-electron chi connectivity index (χ0n) is 18.9. The summed E-state index contributed by atoms with van der Waals surface area (Å²) in [6.07, 6.45) is 0. The van der Waals surface area contributed by atoms with E-state index in [9.17, 15) is 14.4 Å². The maximum Gasteiger partial charge on any atom is 0.316 e. The molecule has 1 amide bonds. The molecule has 0 saturated carbocycles. The van der Waals surface area contributed by atoms with Crippen LogP contribution in [-0.4, -0.2) is 39.6 Å². The van der Waals surface area contributed by atoms with Crippen molar-refractivity contribution in [1.82, 2.24) is 9.55 Å². The summed E-state index contributed by atoms with van der Waals surface area (Å²) in [6.45, 7) is 1.54. The number of halogens is 1. The fourth-order valence-corrected chi connectivity index (χ4v) is 4.48. The van der Waals surface area contributed by atoms with Gasteiger partial charge in [-0.1, -0.05) is 65.8 Å². The van der Waals surface area contributed by atoms with Crippen molar-refractivity contribution < 1.29 is 19.1 Å². The molecular formula is C26H22ClN3O4S. The molecule has 0 aliphatic carbocycles. The van der Waals surface area contributed by atoms with E-state index in [-0.39, 0.29) is 11.5 Å². The Morgan fingerprint density at radius 1 is 1.03 bits per heavy atom. The second-order valence-electron chi connectivity index (χ2n) is 7.70. The highest BCUT2D eigenvalue weighted by atomic mass is 35.5. The molecule has 0 aliphatic heterocycles. The van der Waals surface area contributed by atoms with Crippen LogP contribution in [0.2, 0.25) is 5.02 Å². The number of nitrogens with one attached hydrogen (secondary N) is 1. The Morgan fingerprint density at radius 2 is 1.77 bits per heavy atom. The number of benzene rings is 3. The van der Waals surface area contributed by atoms with Gasteiger partial charge in [-0.2, -0.15) is 0 Å². The minimum atomic E-state index is -0.554. The third-order valence-corrected chi connectivity index (χ3v) is 6.31. The van der Waals surface area contributed by atoms with E-state index in [1.165, 1.54) is 18.7 Å². The van der Waals surface area contributed by atoms with Crippen molar-refractivity contribution in [2.75, 3.05) is 17.7 Å². The second-order valence-corrected chi connectivity index (χ2v) is 9.08. The molecule has 0 aliphatic rings. The first-order valence-electron chi connectivity index (χ1n) is 10.8. The van der Waals surface area contributed by atoms with E-state index in [4.69, 9.17) is 16.3 Å². The Morgan fingerprint density at radius 3 is 2.54 bits per heavy atom. The van der Waals surface area contributed by atoms with Crippen LogP contribution in [0.4, 0.5) is 5.69 Å². The van der Waals surface area contributed by atoms with E-state index in [0.29, 0.717) is 28.0 Å². The number of Topliss-reactive ketones (excluding diaryl/α,β-unsaturated/α-hetero) is 1. The summed E-state index contributed by atoms with van der Waals surface area (Å²) >= 11 is 7.36. The molecule has 1 heterocycles. The molecule has 0 fully saturated rings. The number of imidazole rings is 1. The van der Waals surface area contributed by atoms with Gasteiger partial charge in [-0.05, 0) is 42.8 Å². The molecule has 0 bridgehead atoms. The highest BCUT2D eigenvalue weighted by Crippen LogP contribution is 2.27. The first kappa shape index (κ1) is 24.5. The summed E-state index contributed by atoms with van der Waals surface area (Å²) in [7, 11) is 0. The van der Waals surface area contributed by atoms with Gasteiger partial charge in [0.05, 0.1) is 29.0 Å². The quantitative estimate of drug-likeness (QED) is 0.190. The zero-order valence-corrected chi connectivity index (χ0v) is 20.4. The van der Waals surface area contributed by atoms with Gasteiger partial charge in [0.1, 0.15) is 0 Å². The third kappa shape index (κ3) is 6.29. The number of anilines is 1. The second kappa shape index (κ2) is 11.2. The van der Waals surface area contributed by atoms with Crippen molar-refractivity contribution in [1.29, 1.82) is 0 Å². The maximum atomic E-state index is 12.4. The number of aromatic nitrogens is 2. The molecule has 1 aromatic heterocycles. The minimum Gasteiger partial charge on any atom is -0.455 e. The minimum absolute atomic E-state index is 0.0246. The monoisotopic (exact) mass is 507 g/mol. The number of ketones is 1. The number of carbonyl (C=O) groups excluding carboxylic acids is 3. The molecule has 0 radical (unpaired) electrons. The van der Waals surface area contributed by atoms with E-state index in [1.807, 2.05) is 41.0 Å². The maximum absolute atomic E-state index is 12.4. The van der Waals surface area contributed by atoms with Gasteiger partial charge in [0.25, 0.3) is 5.91 Å². The Hall–Kier alpha value is -3.62. The smallest absolute Gasteiger partial charge is 0.316 e. The van der Waals surface area contributed by atoms with Crippen molar-refractivity contribution in [3.8, 4) is 0 Å². The average Bonchev–Trinajstić information content (AvgIpc) is 3.18. The summed E-state index contributed by atoms with van der Waals surface area (Å²) in [5, 5.41) is 3.83. The van der Waals surface area contributed by atoms with Crippen LogP contribution >= 0.6 is 23.4 Å². The number of para-hydroxylation sites is 1. The van der Waals surface area contributed by atoms with Gasteiger partial charge in [-0.3, -0.25) is 14.4 Å². The van der Waals surface area contributed by atoms with Gasteiger partial charge in [-0.25, -0.2) is 4.98 Å². The summed E-state index contributed by atoms with van der Waals surface area (Å²) in [5.74, 6) is -1.28. The van der Waals surface area contributed by atoms with Crippen molar-refractivity contribution >= 4 is 57.7 Å². The normalized spacial score (nSPS) is 10.8. The number of carbonyl (C=O) groups is 3. The van der Waals surface area contributed by atoms with Crippen LogP contribution in [0.15, 0.2) is 78.0 Å². The molecule has 178 valence electrons. The molecule has 4 rings (SSSR count). The number of esters is 1. The summed E-state index contributed by atoms with van der Waals surface area (Å²) in [4.78, 5) is 40.9. The number of amides is 1. The summed E-state index contributed by atoms with van der Waals surface area (Å²) < 4.78 is 7.15. The van der Waals surface area contributed by atoms with Crippen LogP contribution in [0.1, 0.15) is 22.8 Å². The Labute approximate surface area is 211 Å². The topological polar surface area (TPSA) is 90.3 Å². The number of nitrogens with zero attached hydrogens (tertiary/aromatic N) is 2. The molecule has 0 spiro atoms. The van der Waals surface area contributed by atoms with Gasteiger partial charge >= 0.3 is 5.97 Å². The molecule has 9 heteroatoms. The van der Waals surface area contributed by atoms with Crippen LogP contribution in [0.3, 0.4) is 0 Å². The molecule has 1 N–H and O–H groups in total. The van der Waals surface area contributed by atoms with Gasteiger partial charge in [0.15, 0.2) is 17.5 Å². The van der Waals surface area contributed by atoms with Crippen molar-refractivity contribution in [2.45, 2.75) is 18.6 Å². The number of thioether (sulfide) groups is 1. The van der Waals surface area contributed by atoms with Crippen molar-refractivity contribution in [3.63, 3.8) is 0 Å². The van der Waals surface area contributed by atoms with Gasteiger partial charge in [0.2, 0.25) is 0 Å². The van der Waals surface area contributed by atoms with Crippen LogP contribution in [0.5, 0.6) is 0 Å². The average molecular weight is 508 g/mol. The van der Waals surface area contributed by atoms with Crippen LogP contribution in [-0.2, 0) is 20.9 Å². The zero-order chi connectivity index (χ0) is 24.8. The summed E-state index contributed by atoms with van der Waals surface area (Å²) in [6, 6.07) is 22.1. The number of fused-ring (bicyclic) bond motifs is 1. The lowest BCUT2D eigenvalue weighted by Crippen LogP contribution is -2.22. The van der Waals surface area contributed by atoms with Gasteiger partial charge in [0, 0.05) is 10.6 Å². The fourth-order valence-electron chi connectivity index (χ4n) is 3.51. The Kier molecular flexibility index (Phi) is 7.84. The highest BCUT2D eigenvalue weighted by Gasteiger charge is 2.16. The number of ether oxygens (including phenoxy) is 1. The first-order chi connectivity index (χ1) is 16.9. The standard InChI is InChI=1S/C26H22ClN3O4S/c1-17(31)20-9-5-6-10-21(20)28-24(32)15-34-25(33)16-35-26-29-22-13-19(27)11-12-23(22)30(26)14-18-7-3-2-4-8-18/h2-13H,14-16H2,1H3,(H,28,32). The van der Waals surface area contributed by atoms with Crippen LogP contribution in [0.25, 0.3) is 11.0 Å². The van der Waals surface area contributed by atoms with E-state index in [2.05, 4.69) is 10.3 Å². The Balaban J connectivity index is 1.39. The molecule has 0 unspecified atom stereocenters. The lowest BCUT2D eigenvalue weighted by atomic mass is 10.1. The molecular weight excluding hydrogens is 486 g/mol. The molecule has 3 aromatic carbocycles. The van der Waals surface area contributed by atoms with E-state index in [1.54, 1.807) is 36.4 Å². The number of hydrogen-bond donors (Lipinski definition) is 1. The Bertz CT molecular complexity index is 1390. The van der Waals surface area contributed by atoms with Gasteiger partial charge < -0.3 is 14.6 Å². The summed E-state index contributed by atoms with van der Waals surface area (Å²) in [5.41, 5.74) is 3.49. The molecule has 35 heavy (non-hydrogen) atoms. The molecule has 4 aromatic rings. The lowest BCUT2D eigenvalue weighted by Gasteiger charge is -2.10.